The molecule has 0 radical (unpaired) electrons. The lowest BCUT2D eigenvalue weighted by Crippen LogP contribution is -2.64. The van der Waals surface area contributed by atoms with Crippen molar-refractivity contribution in [1.29, 1.82) is 0 Å². The van der Waals surface area contributed by atoms with Gasteiger partial charge in [0, 0.05) is 23.7 Å². The smallest absolute Gasteiger partial charge is 0.0793 e. The molecule has 0 aromatic heterocycles. The Morgan fingerprint density at radius 1 is 1.00 bits per heavy atom. The van der Waals surface area contributed by atoms with Gasteiger partial charge < -0.3 is 5.21 Å². The van der Waals surface area contributed by atoms with E-state index < -0.39 is 0 Å². The number of hydrogen-bond donors (Lipinski definition) is 1. The van der Waals surface area contributed by atoms with Crippen LogP contribution in [0.1, 0.15) is 78.2 Å². The highest BCUT2D eigenvalue weighted by Crippen LogP contribution is 2.41. The molecule has 4 nitrogen and oxygen atoms in total. The second-order valence-electron chi connectivity index (χ2n) is 9.43. The Morgan fingerprint density at radius 2 is 1.58 bits per heavy atom. The summed E-state index contributed by atoms with van der Waals surface area (Å²) in [7, 11) is 0. The normalized spacial score (nSPS) is 24.8. The van der Waals surface area contributed by atoms with Gasteiger partial charge in [-0.1, -0.05) is 49.6 Å². The zero-order valence-corrected chi connectivity index (χ0v) is 16.9. The maximum atomic E-state index is 10.8. The van der Waals surface area contributed by atoms with E-state index in [-0.39, 0.29) is 17.1 Å². The Kier molecular flexibility index (Phi) is 6.07. The van der Waals surface area contributed by atoms with E-state index in [2.05, 4.69) is 44.9 Å². The van der Waals surface area contributed by atoms with Gasteiger partial charge >= 0.3 is 0 Å². The minimum atomic E-state index is -0.110. The lowest BCUT2D eigenvalue weighted by Gasteiger charge is -2.55. The van der Waals surface area contributed by atoms with Crippen molar-refractivity contribution in [2.24, 2.45) is 0 Å². The van der Waals surface area contributed by atoms with Crippen LogP contribution in [0.15, 0.2) is 30.3 Å². The van der Waals surface area contributed by atoms with Gasteiger partial charge in [0.2, 0.25) is 0 Å². The fourth-order valence-corrected chi connectivity index (χ4v) is 4.93. The van der Waals surface area contributed by atoms with Crippen LogP contribution < -0.4 is 0 Å². The largest absolute Gasteiger partial charge is 0.313 e. The molecule has 1 aromatic rings. The molecule has 4 heteroatoms. The topological polar surface area (TPSA) is 35.9 Å². The molecule has 2 aliphatic rings. The number of hydrogen-bond acceptors (Lipinski definition) is 4. The third kappa shape index (κ3) is 4.66. The Labute approximate surface area is 159 Å². The summed E-state index contributed by atoms with van der Waals surface area (Å²) in [5.74, 6) is 0. The Morgan fingerprint density at radius 3 is 2.15 bits per heavy atom. The summed E-state index contributed by atoms with van der Waals surface area (Å²) >= 11 is 0. The minimum absolute atomic E-state index is 0.110. The fraction of sp³-hybridized carbons (Fsp3) is 0.727. The van der Waals surface area contributed by atoms with Gasteiger partial charge in [0.05, 0.1) is 6.10 Å². The third-order valence-electron chi connectivity index (χ3n) is 5.99. The van der Waals surface area contributed by atoms with Crippen molar-refractivity contribution in [1.82, 2.24) is 10.1 Å². The van der Waals surface area contributed by atoms with Crippen LogP contribution in [0.3, 0.4) is 0 Å². The molecular formula is C22H36N2O2. The van der Waals surface area contributed by atoms with Crippen LogP contribution in [0.4, 0.5) is 0 Å². The van der Waals surface area contributed by atoms with Crippen LogP contribution in [-0.4, -0.2) is 38.6 Å². The predicted octanol–water partition coefficient (Wildman–Crippen LogP) is 5.16. The van der Waals surface area contributed by atoms with Crippen molar-refractivity contribution in [3.63, 3.8) is 0 Å². The molecular weight excluding hydrogens is 324 g/mol. The van der Waals surface area contributed by atoms with E-state index in [1.165, 1.54) is 37.2 Å². The van der Waals surface area contributed by atoms with Gasteiger partial charge in [-0.3, -0.25) is 4.84 Å². The molecule has 1 N–H and O–H groups in total. The van der Waals surface area contributed by atoms with Gasteiger partial charge in [0.25, 0.3) is 0 Å². The van der Waals surface area contributed by atoms with Crippen molar-refractivity contribution in [2.75, 3.05) is 0 Å². The SMILES string of the molecule is CC1(C)CC(N(O)Cc2ccccc2)CC(C)(C)N1OC1CCCCC1. The fourth-order valence-electron chi connectivity index (χ4n) is 4.93. The first kappa shape index (κ1) is 19.8. The number of hydroxylamine groups is 4. The molecule has 0 amide bonds. The molecule has 1 saturated carbocycles. The van der Waals surface area contributed by atoms with E-state index in [0.29, 0.717) is 12.6 Å². The Balaban J connectivity index is 1.67. The molecule has 0 atom stereocenters. The molecule has 1 aliphatic heterocycles. The highest BCUT2D eigenvalue weighted by atomic mass is 16.7. The molecule has 1 saturated heterocycles. The zero-order valence-electron chi connectivity index (χ0n) is 16.9. The molecule has 1 aliphatic carbocycles. The van der Waals surface area contributed by atoms with Crippen LogP contribution in [0, 0.1) is 0 Å². The quantitative estimate of drug-likeness (QED) is 0.736. The molecule has 0 spiro atoms. The average Bonchev–Trinajstić information content (AvgIpc) is 2.59. The minimum Gasteiger partial charge on any atom is -0.313 e. The summed E-state index contributed by atoms with van der Waals surface area (Å²) in [6.07, 6.45) is 8.39. The van der Waals surface area contributed by atoms with Crippen molar-refractivity contribution in [3.8, 4) is 0 Å². The highest BCUT2D eigenvalue weighted by molar-refractivity contribution is 5.14. The number of benzene rings is 1. The number of rotatable bonds is 5. The number of nitrogens with zero attached hydrogens (tertiary/aromatic N) is 2. The molecule has 3 rings (SSSR count). The molecule has 2 fully saturated rings. The van der Waals surface area contributed by atoms with Gasteiger partial charge in [-0.25, -0.2) is 0 Å². The van der Waals surface area contributed by atoms with Crippen LogP contribution in [-0.2, 0) is 11.4 Å². The summed E-state index contributed by atoms with van der Waals surface area (Å²) < 4.78 is 0. The van der Waals surface area contributed by atoms with Crippen molar-refractivity contribution < 1.29 is 10.0 Å². The average molecular weight is 361 g/mol. The summed E-state index contributed by atoms with van der Waals surface area (Å²) in [4.78, 5) is 6.54. The van der Waals surface area contributed by atoms with E-state index in [9.17, 15) is 5.21 Å². The van der Waals surface area contributed by atoms with Gasteiger partial charge in [-0.15, -0.1) is 0 Å². The predicted molar refractivity (Wildman–Crippen MR) is 105 cm³/mol. The van der Waals surface area contributed by atoms with Crippen molar-refractivity contribution in [2.45, 2.75) is 102 Å². The first-order valence-corrected chi connectivity index (χ1v) is 10.2. The second kappa shape index (κ2) is 7.97. The molecule has 26 heavy (non-hydrogen) atoms. The van der Waals surface area contributed by atoms with E-state index in [1.807, 2.05) is 18.2 Å². The van der Waals surface area contributed by atoms with Crippen molar-refractivity contribution >= 4 is 0 Å². The Bertz CT molecular complexity index is 549. The van der Waals surface area contributed by atoms with Crippen molar-refractivity contribution in [3.05, 3.63) is 35.9 Å². The van der Waals surface area contributed by atoms with Crippen LogP contribution >= 0.6 is 0 Å². The maximum absolute atomic E-state index is 10.8. The van der Waals surface area contributed by atoms with E-state index in [1.54, 1.807) is 0 Å². The lowest BCUT2D eigenvalue weighted by atomic mass is 9.78. The Hall–Kier alpha value is -0.940. The highest BCUT2D eigenvalue weighted by Gasteiger charge is 2.48. The zero-order chi connectivity index (χ0) is 18.8. The lowest BCUT2D eigenvalue weighted by molar-refractivity contribution is -0.323. The van der Waals surface area contributed by atoms with Gasteiger partial charge in [0.15, 0.2) is 0 Å². The standard InChI is InChI=1S/C22H36N2O2/c1-21(2)15-19(23(25)17-18-11-7-5-8-12-18)16-22(3,4)24(21)26-20-13-9-6-10-14-20/h5,7-8,11-12,19-20,25H,6,9-10,13-17H2,1-4H3. The van der Waals surface area contributed by atoms with E-state index in [4.69, 9.17) is 4.84 Å². The second-order valence-corrected chi connectivity index (χ2v) is 9.43. The van der Waals surface area contributed by atoms with Crippen LogP contribution in [0.5, 0.6) is 0 Å². The first-order valence-electron chi connectivity index (χ1n) is 10.2. The van der Waals surface area contributed by atoms with Gasteiger partial charge in [-0.05, 0) is 58.9 Å². The summed E-state index contributed by atoms with van der Waals surface area (Å²) in [5.41, 5.74) is 0.926. The first-order chi connectivity index (χ1) is 12.3. The summed E-state index contributed by atoms with van der Waals surface area (Å²) in [5, 5.41) is 14.6. The van der Waals surface area contributed by atoms with Gasteiger partial charge in [0.1, 0.15) is 0 Å². The molecule has 1 heterocycles. The third-order valence-corrected chi connectivity index (χ3v) is 5.99. The molecule has 146 valence electrons. The maximum Gasteiger partial charge on any atom is 0.0793 e. The number of piperidine rings is 1. The van der Waals surface area contributed by atoms with E-state index in [0.717, 1.165) is 18.4 Å². The molecule has 0 unspecified atom stereocenters. The van der Waals surface area contributed by atoms with E-state index >= 15 is 0 Å². The summed E-state index contributed by atoms with van der Waals surface area (Å²) in [6, 6.07) is 10.3. The molecule has 0 bridgehead atoms. The van der Waals surface area contributed by atoms with Gasteiger partial charge in [-0.2, -0.15) is 10.1 Å². The summed E-state index contributed by atoms with van der Waals surface area (Å²) in [6.45, 7) is 9.57. The van der Waals surface area contributed by atoms with Crippen LogP contribution in [0.2, 0.25) is 0 Å². The van der Waals surface area contributed by atoms with Crippen LogP contribution in [0.25, 0.3) is 0 Å². The molecule has 1 aromatic carbocycles. The monoisotopic (exact) mass is 360 g/mol.